The monoisotopic (exact) mass is 702 g/mol. The summed E-state index contributed by atoms with van der Waals surface area (Å²) < 4.78 is 6.91. The second-order valence-corrected chi connectivity index (χ2v) is 14.3. The quantitative estimate of drug-likeness (QED) is 0.194. The molecule has 3 heteroatoms. The first-order valence-corrected chi connectivity index (χ1v) is 18.8. The summed E-state index contributed by atoms with van der Waals surface area (Å²) in [5.41, 5.74) is 12.8. The van der Waals surface area contributed by atoms with Crippen LogP contribution in [0.4, 0.5) is 0 Å². The third kappa shape index (κ3) is 5.32. The van der Waals surface area contributed by atoms with Crippen molar-refractivity contribution in [3.8, 4) is 33.4 Å². The van der Waals surface area contributed by atoms with Gasteiger partial charge in [-0.05, 0) is 79.7 Å². The number of furan rings is 1. The fourth-order valence-corrected chi connectivity index (χ4v) is 8.39. The van der Waals surface area contributed by atoms with E-state index in [0.717, 1.165) is 66.7 Å². The number of hydrogen-bond donors (Lipinski definition) is 1. The van der Waals surface area contributed by atoms with Crippen LogP contribution in [0.5, 0.6) is 0 Å². The molecule has 8 aromatic carbocycles. The number of benzene rings is 8. The zero-order valence-electron chi connectivity index (χ0n) is 29.9. The molecule has 0 bridgehead atoms. The minimum absolute atomic E-state index is 0.0248. The van der Waals surface area contributed by atoms with Crippen molar-refractivity contribution in [2.24, 2.45) is 4.99 Å². The van der Waals surface area contributed by atoms with E-state index >= 15 is 0 Å². The molecule has 3 nitrogen and oxygen atoms in total. The predicted molar refractivity (Wildman–Crippen MR) is 230 cm³/mol. The van der Waals surface area contributed by atoms with Crippen molar-refractivity contribution < 1.29 is 4.42 Å². The number of fused-ring (bicyclic) bond motifs is 6. The molecular formula is C52H34N2O. The molecular weight excluding hydrogens is 669 g/mol. The molecule has 258 valence electrons. The van der Waals surface area contributed by atoms with Gasteiger partial charge < -0.3 is 9.73 Å². The number of allylic oxidation sites excluding steroid dienone is 2. The van der Waals surface area contributed by atoms with Crippen molar-refractivity contribution in [1.29, 1.82) is 0 Å². The van der Waals surface area contributed by atoms with E-state index in [9.17, 15) is 0 Å². The Labute approximate surface area is 318 Å². The average molecular weight is 703 g/mol. The van der Waals surface area contributed by atoms with E-state index in [-0.39, 0.29) is 6.04 Å². The number of aliphatic imine (C=N–C) groups is 1. The van der Waals surface area contributed by atoms with Gasteiger partial charge in [0.1, 0.15) is 17.0 Å². The van der Waals surface area contributed by atoms with Crippen LogP contribution in [0.25, 0.3) is 82.6 Å². The number of rotatable bonds is 5. The SMILES string of the molecule is C1=CC2=C(c3cccc(-c4ccccc4)c3)N=C(c3ccc(-c4ccc(-c5cccc6ccccc56)cc4)c4oc5cc6ccccc6cc5c34)NC2C=C1. The summed E-state index contributed by atoms with van der Waals surface area (Å²) in [6.45, 7) is 0. The molecule has 0 radical (unpaired) electrons. The van der Waals surface area contributed by atoms with Crippen LogP contribution in [0.1, 0.15) is 11.1 Å². The third-order valence-electron chi connectivity index (χ3n) is 11.1. The standard InChI is InChI=1S/C52H34N2O/c1-2-12-33(13-3-1)37-18-10-19-40(30-37)50-44-21-8-9-23-47(44)53-52(54-50)45-29-28-43(51-49(45)46-31-38-15-4-5-16-39(38)32-48(46)55-51)36-26-24-35(25-27-36)42-22-11-17-34-14-6-7-20-41(34)42/h1-32,47H,(H,53,54). The van der Waals surface area contributed by atoms with Crippen LogP contribution in [0.15, 0.2) is 209 Å². The van der Waals surface area contributed by atoms with Gasteiger partial charge in [0.05, 0.1) is 11.7 Å². The Bertz CT molecular complexity index is 3100. The Morgan fingerprint density at radius 2 is 1.15 bits per heavy atom. The normalized spacial score (nSPS) is 15.1. The Balaban J connectivity index is 1.10. The molecule has 0 saturated carbocycles. The van der Waals surface area contributed by atoms with E-state index in [0.29, 0.717) is 0 Å². The molecule has 0 saturated heterocycles. The van der Waals surface area contributed by atoms with Gasteiger partial charge in [0.15, 0.2) is 0 Å². The van der Waals surface area contributed by atoms with Gasteiger partial charge in [-0.25, -0.2) is 4.99 Å². The lowest BCUT2D eigenvalue weighted by Gasteiger charge is -2.28. The maximum atomic E-state index is 6.91. The molecule has 9 aromatic rings. The molecule has 55 heavy (non-hydrogen) atoms. The van der Waals surface area contributed by atoms with E-state index < -0.39 is 0 Å². The zero-order chi connectivity index (χ0) is 36.3. The highest BCUT2D eigenvalue weighted by Gasteiger charge is 2.27. The van der Waals surface area contributed by atoms with E-state index in [2.05, 4.69) is 199 Å². The van der Waals surface area contributed by atoms with Gasteiger partial charge in [0.2, 0.25) is 0 Å². The Kier molecular flexibility index (Phi) is 7.24. The first kappa shape index (κ1) is 31.3. The second kappa shape index (κ2) is 12.7. The maximum Gasteiger partial charge on any atom is 0.143 e. The summed E-state index contributed by atoms with van der Waals surface area (Å²) >= 11 is 0. The van der Waals surface area contributed by atoms with Crippen LogP contribution in [-0.4, -0.2) is 11.9 Å². The fraction of sp³-hybridized carbons (Fsp3) is 0.0192. The van der Waals surface area contributed by atoms with Crippen LogP contribution >= 0.6 is 0 Å². The first-order valence-electron chi connectivity index (χ1n) is 18.8. The molecule has 1 unspecified atom stereocenters. The van der Waals surface area contributed by atoms with Gasteiger partial charge in [-0.3, -0.25) is 0 Å². The van der Waals surface area contributed by atoms with Crippen molar-refractivity contribution in [3.05, 3.63) is 211 Å². The average Bonchev–Trinajstić information content (AvgIpc) is 3.63. The lowest BCUT2D eigenvalue weighted by Crippen LogP contribution is -2.39. The summed E-state index contributed by atoms with van der Waals surface area (Å²) in [7, 11) is 0. The number of nitrogens with one attached hydrogen (secondary N) is 1. The highest BCUT2D eigenvalue weighted by Crippen LogP contribution is 2.42. The van der Waals surface area contributed by atoms with Crippen molar-refractivity contribution in [1.82, 2.24) is 5.32 Å². The van der Waals surface area contributed by atoms with Gasteiger partial charge >= 0.3 is 0 Å². The molecule has 0 spiro atoms. The molecule has 1 aliphatic heterocycles. The first-order chi connectivity index (χ1) is 27.2. The van der Waals surface area contributed by atoms with Crippen molar-refractivity contribution in [2.45, 2.75) is 6.04 Å². The lowest BCUT2D eigenvalue weighted by atomic mass is 9.91. The Morgan fingerprint density at radius 1 is 0.473 bits per heavy atom. The van der Waals surface area contributed by atoms with Gasteiger partial charge in [-0.1, -0.05) is 164 Å². The van der Waals surface area contributed by atoms with E-state index in [1.165, 1.54) is 38.4 Å². The summed E-state index contributed by atoms with van der Waals surface area (Å²) in [4.78, 5) is 5.47. The Hall–Kier alpha value is -7.23. The second-order valence-electron chi connectivity index (χ2n) is 14.3. The summed E-state index contributed by atoms with van der Waals surface area (Å²) in [5, 5.41) is 10.8. The fourth-order valence-electron chi connectivity index (χ4n) is 8.39. The van der Waals surface area contributed by atoms with E-state index in [1.807, 2.05) is 0 Å². The van der Waals surface area contributed by atoms with Gasteiger partial charge in [0.25, 0.3) is 0 Å². The van der Waals surface area contributed by atoms with Gasteiger partial charge in [-0.2, -0.15) is 0 Å². The summed E-state index contributed by atoms with van der Waals surface area (Å²) in [5.74, 6) is 0.826. The van der Waals surface area contributed by atoms with Gasteiger partial charge in [-0.15, -0.1) is 0 Å². The zero-order valence-corrected chi connectivity index (χ0v) is 29.9. The largest absolute Gasteiger partial charge is 0.455 e. The summed E-state index contributed by atoms with van der Waals surface area (Å²) in [6.07, 6.45) is 8.61. The Morgan fingerprint density at radius 3 is 2.00 bits per heavy atom. The van der Waals surface area contributed by atoms with Crippen molar-refractivity contribution in [3.63, 3.8) is 0 Å². The highest BCUT2D eigenvalue weighted by molar-refractivity contribution is 6.23. The van der Waals surface area contributed by atoms with Crippen LogP contribution in [0.3, 0.4) is 0 Å². The minimum atomic E-state index is -0.0248. The van der Waals surface area contributed by atoms with E-state index in [1.54, 1.807) is 0 Å². The summed E-state index contributed by atoms with van der Waals surface area (Å²) in [6, 6.07) is 60.6. The maximum absolute atomic E-state index is 6.91. The van der Waals surface area contributed by atoms with Crippen molar-refractivity contribution in [2.75, 3.05) is 0 Å². The molecule has 1 aliphatic carbocycles. The topological polar surface area (TPSA) is 37.5 Å². The smallest absolute Gasteiger partial charge is 0.143 e. The van der Waals surface area contributed by atoms with Crippen molar-refractivity contribution >= 4 is 55.0 Å². The van der Waals surface area contributed by atoms with Gasteiger partial charge in [0, 0.05) is 33.0 Å². The van der Waals surface area contributed by atoms with Crippen LogP contribution in [0, 0.1) is 0 Å². The van der Waals surface area contributed by atoms with Crippen LogP contribution in [-0.2, 0) is 0 Å². The molecule has 0 amide bonds. The van der Waals surface area contributed by atoms with Crippen LogP contribution < -0.4 is 5.32 Å². The number of nitrogens with zero attached hydrogens (tertiary/aromatic N) is 1. The third-order valence-corrected chi connectivity index (χ3v) is 11.1. The van der Waals surface area contributed by atoms with E-state index in [4.69, 9.17) is 9.41 Å². The highest BCUT2D eigenvalue weighted by atomic mass is 16.3. The number of hydrogen-bond acceptors (Lipinski definition) is 3. The molecule has 11 rings (SSSR count). The lowest BCUT2D eigenvalue weighted by molar-refractivity contribution is 0.670. The molecule has 0 fully saturated rings. The molecule has 1 N–H and O–H groups in total. The molecule has 2 aliphatic rings. The van der Waals surface area contributed by atoms with Crippen LogP contribution in [0.2, 0.25) is 0 Å². The molecule has 1 atom stereocenters. The number of amidine groups is 1. The molecule has 1 aromatic heterocycles. The predicted octanol–water partition coefficient (Wildman–Crippen LogP) is 13.1. The molecule has 2 heterocycles. The minimum Gasteiger partial charge on any atom is -0.455 e.